The number of aliphatic hydroxyl groups is 5. The first kappa shape index (κ1) is 30.6. The molecule has 0 radical (unpaired) electrons. The fourth-order valence-corrected chi connectivity index (χ4v) is 6.56. The summed E-state index contributed by atoms with van der Waals surface area (Å²) in [5.74, 6) is -1.02. The number of esters is 1. The number of carbonyl (C=O) groups is 1. The van der Waals surface area contributed by atoms with E-state index in [2.05, 4.69) is 0 Å². The molecule has 40 heavy (non-hydrogen) atoms. The standard InChI is InChI=1S/C30H42O10/c1-15(2)19-13-22(39-23(34)12-8-17-6-9-18(32)10-7-17)30(4)21(33)11-5-16(3)24(30)28(19)40-29-27(37)26(36)25(35)20(14-31)38-29/h5-10,12,15,19-22,24-29,31-33,35-37H,11,13-14H2,1-4H3/b12-8+/t19-,20+,21+,22-,24+,25+,26-,27+,28+,29-,30+/m0/s1. The Morgan fingerprint density at radius 3 is 2.42 bits per heavy atom. The van der Waals surface area contributed by atoms with E-state index in [1.54, 1.807) is 18.2 Å². The molecule has 10 nitrogen and oxygen atoms in total. The van der Waals surface area contributed by atoms with E-state index in [1.807, 2.05) is 33.8 Å². The highest BCUT2D eigenvalue weighted by atomic mass is 16.7. The smallest absolute Gasteiger partial charge is 0.331 e. The predicted molar refractivity (Wildman–Crippen MR) is 145 cm³/mol. The number of phenolic OH excluding ortho intramolecular Hbond substituents is 1. The Morgan fingerprint density at radius 2 is 1.80 bits per heavy atom. The summed E-state index contributed by atoms with van der Waals surface area (Å²) in [6.07, 6.45) is -3.59. The summed E-state index contributed by atoms with van der Waals surface area (Å²) in [6, 6.07) is 6.39. The second kappa shape index (κ2) is 12.3. The largest absolute Gasteiger partial charge is 0.508 e. The van der Waals surface area contributed by atoms with Crippen LogP contribution in [0.3, 0.4) is 0 Å². The first-order valence-electron chi connectivity index (χ1n) is 13.9. The second-order valence-corrected chi connectivity index (χ2v) is 11.8. The topological polar surface area (TPSA) is 166 Å². The van der Waals surface area contributed by atoms with Gasteiger partial charge in [-0.1, -0.05) is 44.6 Å². The van der Waals surface area contributed by atoms with Crippen molar-refractivity contribution < 1.29 is 49.6 Å². The molecule has 1 saturated carbocycles. The minimum atomic E-state index is -1.58. The highest BCUT2D eigenvalue weighted by Crippen LogP contribution is 2.56. The molecule has 6 N–H and O–H groups in total. The highest BCUT2D eigenvalue weighted by Gasteiger charge is 2.60. The summed E-state index contributed by atoms with van der Waals surface area (Å²) in [5, 5.41) is 61.7. The van der Waals surface area contributed by atoms with Gasteiger partial charge in [0.15, 0.2) is 6.29 Å². The molecule has 2 fully saturated rings. The summed E-state index contributed by atoms with van der Waals surface area (Å²) in [7, 11) is 0. The van der Waals surface area contributed by atoms with Gasteiger partial charge >= 0.3 is 5.97 Å². The first-order valence-corrected chi connectivity index (χ1v) is 13.9. The van der Waals surface area contributed by atoms with Gasteiger partial charge in [-0.3, -0.25) is 0 Å². The van der Waals surface area contributed by atoms with E-state index in [4.69, 9.17) is 14.2 Å². The van der Waals surface area contributed by atoms with Crippen LogP contribution in [0.15, 0.2) is 42.0 Å². The third-order valence-electron chi connectivity index (χ3n) is 9.03. The van der Waals surface area contributed by atoms with Crippen molar-refractivity contribution in [3.8, 4) is 5.75 Å². The molecule has 0 unspecified atom stereocenters. The number of aromatic hydroxyl groups is 1. The molecule has 1 heterocycles. The number of ether oxygens (including phenoxy) is 3. The van der Waals surface area contributed by atoms with Crippen molar-refractivity contribution in [2.75, 3.05) is 6.61 Å². The Balaban J connectivity index is 1.63. The highest BCUT2D eigenvalue weighted by molar-refractivity contribution is 5.87. The Labute approximate surface area is 234 Å². The van der Waals surface area contributed by atoms with Crippen molar-refractivity contribution in [3.63, 3.8) is 0 Å². The summed E-state index contributed by atoms with van der Waals surface area (Å²) in [4.78, 5) is 13.0. The third kappa shape index (κ3) is 5.85. The Bertz CT molecular complexity index is 1080. The molecule has 0 spiro atoms. The Morgan fingerprint density at radius 1 is 1.12 bits per heavy atom. The van der Waals surface area contributed by atoms with Crippen LogP contribution in [-0.2, 0) is 19.0 Å². The van der Waals surface area contributed by atoms with Gasteiger partial charge in [0.2, 0.25) is 0 Å². The van der Waals surface area contributed by atoms with Crippen molar-refractivity contribution in [2.45, 2.75) is 89.6 Å². The van der Waals surface area contributed by atoms with Crippen LogP contribution in [0.1, 0.15) is 46.1 Å². The van der Waals surface area contributed by atoms with Gasteiger partial charge in [-0.25, -0.2) is 4.79 Å². The zero-order valence-corrected chi connectivity index (χ0v) is 23.3. The van der Waals surface area contributed by atoms with Crippen molar-refractivity contribution in [3.05, 3.63) is 47.6 Å². The summed E-state index contributed by atoms with van der Waals surface area (Å²) >= 11 is 0. The van der Waals surface area contributed by atoms with E-state index in [9.17, 15) is 35.4 Å². The van der Waals surface area contributed by atoms with Crippen molar-refractivity contribution in [1.82, 2.24) is 0 Å². The molecular weight excluding hydrogens is 520 g/mol. The van der Waals surface area contributed by atoms with Crippen LogP contribution in [0.25, 0.3) is 6.08 Å². The number of rotatable bonds is 7. The molecule has 10 heteroatoms. The van der Waals surface area contributed by atoms with Crippen molar-refractivity contribution in [1.29, 1.82) is 0 Å². The maximum atomic E-state index is 13.0. The Kier molecular flexibility index (Phi) is 9.41. The van der Waals surface area contributed by atoms with Gasteiger partial charge in [0, 0.05) is 17.4 Å². The molecule has 2 aliphatic carbocycles. The van der Waals surface area contributed by atoms with E-state index >= 15 is 0 Å². The molecule has 1 aliphatic heterocycles. The fourth-order valence-electron chi connectivity index (χ4n) is 6.56. The van der Waals surface area contributed by atoms with Gasteiger partial charge < -0.3 is 44.8 Å². The number of phenols is 1. The molecule has 0 bridgehead atoms. The molecule has 4 rings (SSSR count). The Hall–Kier alpha value is -2.31. The van der Waals surface area contributed by atoms with E-state index in [0.29, 0.717) is 18.4 Å². The number of fused-ring (bicyclic) bond motifs is 1. The lowest BCUT2D eigenvalue weighted by Crippen LogP contribution is -2.65. The van der Waals surface area contributed by atoms with Gasteiger partial charge in [0.1, 0.15) is 36.3 Å². The average molecular weight is 563 g/mol. The monoisotopic (exact) mass is 562 g/mol. The number of carbonyl (C=O) groups excluding carboxylic acids is 1. The van der Waals surface area contributed by atoms with Crippen molar-refractivity contribution >= 4 is 12.0 Å². The van der Waals surface area contributed by atoms with E-state index in [-0.39, 0.29) is 17.6 Å². The van der Waals surface area contributed by atoms with Crippen LogP contribution in [0, 0.1) is 23.2 Å². The third-order valence-corrected chi connectivity index (χ3v) is 9.03. The van der Waals surface area contributed by atoms with Gasteiger partial charge in [-0.2, -0.15) is 0 Å². The zero-order chi connectivity index (χ0) is 29.4. The van der Waals surface area contributed by atoms with Crippen LogP contribution in [0.4, 0.5) is 0 Å². The maximum absolute atomic E-state index is 13.0. The van der Waals surface area contributed by atoms with Gasteiger partial charge in [-0.05, 0) is 55.4 Å². The molecule has 11 atom stereocenters. The fraction of sp³-hybridized carbons (Fsp3) is 0.633. The predicted octanol–water partition coefficient (Wildman–Crippen LogP) is 1.51. The summed E-state index contributed by atoms with van der Waals surface area (Å²) in [5.41, 5.74) is 0.714. The lowest BCUT2D eigenvalue weighted by molar-refractivity contribution is -0.330. The number of aliphatic hydroxyl groups excluding tert-OH is 5. The van der Waals surface area contributed by atoms with Gasteiger partial charge in [0.05, 0.1) is 18.8 Å². The molecule has 3 aliphatic rings. The normalized spacial score (nSPS) is 40.1. The van der Waals surface area contributed by atoms with E-state index in [1.165, 1.54) is 18.2 Å². The average Bonchev–Trinajstić information content (AvgIpc) is 2.92. The SMILES string of the molecule is CC1=CC[C@@H](O)[C@]2(C)[C@@H](OC(=O)/C=C/c3ccc(O)cc3)C[C@@H](C(C)C)[C@@H](O[C@@H]3O[C@H](CO)[C@@H](O)[C@H](O)[C@H]3O)[C@@H]12. The lowest BCUT2D eigenvalue weighted by atomic mass is 9.53. The molecule has 1 saturated heterocycles. The minimum Gasteiger partial charge on any atom is -0.508 e. The first-order chi connectivity index (χ1) is 18.9. The second-order valence-electron chi connectivity index (χ2n) is 11.8. The lowest BCUT2D eigenvalue weighted by Gasteiger charge is -2.58. The minimum absolute atomic E-state index is 0.0417. The maximum Gasteiger partial charge on any atom is 0.331 e. The molecular formula is C30H42O10. The molecule has 1 aromatic rings. The van der Waals surface area contributed by atoms with Crippen LogP contribution < -0.4 is 0 Å². The molecule has 0 amide bonds. The number of benzene rings is 1. The molecule has 1 aromatic carbocycles. The quantitative estimate of drug-likeness (QED) is 0.163. The molecule has 222 valence electrons. The summed E-state index contributed by atoms with van der Waals surface area (Å²) < 4.78 is 18.1. The zero-order valence-electron chi connectivity index (χ0n) is 23.3. The van der Waals surface area contributed by atoms with Crippen LogP contribution in [-0.4, -0.2) is 92.2 Å². The molecule has 0 aromatic heterocycles. The van der Waals surface area contributed by atoms with Gasteiger partial charge in [0.25, 0.3) is 0 Å². The summed E-state index contributed by atoms with van der Waals surface area (Å²) in [6.45, 7) is 7.26. The van der Waals surface area contributed by atoms with Crippen LogP contribution in [0.5, 0.6) is 5.75 Å². The van der Waals surface area contributed by atoms with Gasteiger partial charge in [-0.15, -0.1) is 0 Å². The van der Waals surface area contributed by atoms with Crippen LogP contribution in [0.2, 0.25) is 0 Å². The van der Waals surface area contributed by atoms with E-state index < -0.39 is 72.9 Å². The van der Waals surface area contributed by atoms with Crippen molar-refractivity contribution in [2.24, 2.45) is 23.2 Å². The van der Waals surface area contributed by atoms with Crippen LogP contribution >= 0.6 is 0 Å². The number of hydrogen-bond donors (Lipinski definition) is 6. The number of hydrogen-bond acceptors (Lipinski definition) is 10. The van der Waals surface area contributed by atoms with E-state index in [0.717, 1.165) is 5.57 Å².